The van der Waals surface area contributed by atoms with Gasteiger partial charge >= 0.3 is 5.97 Å². The van der Waals surface area contributed by atoms with Crippen molar-refractivity contribution in [3.05, 3.63) is 12.0 Å². The maximum absolute atomic E-state index is 10.9. The van der Waals surface area contributed by atoms with Gasteiger partial charge in [0.2, 0.25) is 0 Å². The highest BCUT2D eigenvalue weighted by Gasteiger charge is 2.08. The number of hydrogen-bond donors (Lipinski definition) is 2. The smallest absolute Gasteiger partial charge is 0.317 e. The molecular formula is C10H9N5O2. The highest BCUT2D eigenvalue weighted by molar-refractivity contribution is 5.90. The molecule has 7 nitrogen and oxygen atoms in total. The van der Waals surface area contributed by atoms with Gasteiger partial charge in [0.05, 0.1) is 12.5 Å². The van der Waals surface area contributed by atoms with Crippen LogP contribution in [-0.2, 0) is 9.53 Å². The van der Waals surface area contributed by atoms with Crippen molar-refractivity contribution in [3.63, 3.8) is 0 Å². The topological polar surface area (TPSA) is 107 Å². The first kappa shape index (κ1) is 10.9. The first-order valence-corrected chi connectivity index (χ1v) is 4.72. The van der Waals surface area contributed by atoms with E-state index >= 15 is 0 Å². The summed E-state index contributed by atoms with van der Waals surface area (Å²) in [5, 5.41) is 7.17. The van der Waals surface area contributed by atoms with Gasteiger partial charge in [-0.2, -0.15) is 5.10 Å². The Hall–Kier alpha value is -2.62. The Kier molecular flexibility index (Phi) is 2.87. The summed E-state index contributed by atoms with van der Waals surface area (Å²) in [6.45, 7) is 0. The molecule has 2 aromatic heterocycles. The molecule has 0 aromatic carbocycles. The number of methoxy groups -OCH3 is 1. The molecule has 0 fully saturated rings. The molecule has 0 aliphatic rings. The molecular weight excluding hydrogens is 222 g/mol. The minimum absolute atomic E-state index is 0.00457. The van der Waals surface area contributed by atoms with Crippen molar-refractivity contribution in [2.75, 3.05) is 12.8 Å². The molecule has 0 aliphatic heterocycles. The van der Waals surface area contributed by atoms with E-state index in [0.717, 1.165) is 0 Å². The normalized spacial score (nSPS) is 9.71. The number of aromatic nitrogens is 4. The van der Waals surface area contributed by atoms with Gasteiger partial charge in [-0.1, -0.05) is 5.92 Å². The van der Waals surface area contributed by atoms with Gasteiger partial charge in [0.15, 0.2) is 5.65 Å². The number of nitrogen functional groups attached to an aromatic ring is 1. The number of carbonyl (C=O) groups excluding carboxylic acids is 1. The van der Waals surface area contributed by atoms with Crippen LogP contribution in [0.1, 0.15) is 12.1 Å². The number of aromatic amines is 1. The van der Waals surface area contributed by atoms with Crippen molar-refractivity contribution in [2.24, 2.45) is 0 Å². The number of H-pyrrole nitrogens is 1. The number of hydrogen-bond acceptors (Lipinski definition) is 6. The van der Waals surface area contributed by atoms with Crippen LogP contribution in [0.5, 0.6) is 0 Å². The lowest BCUT2D eigenvalue weighted by atomic mass is 10.3. The molecule has 0 spiro atoms. The van der Waals surface area contributed by atoms with E-state index in [9.17, 15) is 4.79 Å². The zero-order chi connectivity index (χ0) is 12.3. The predicted octanol–water partition coefficient (Wildman–Crippen LogP) is -0.150. The minimum atomic E-state index is -0.398. The van der Waals surface area contributed by atoms with Crippen LogP contribution < -0.4 is 5.73 Å². The molecule has 3 N–H and O–H groups in total. The van der Waals surface area contributed by atoms with Gasteiger partial charge in [-0.25, -0.2) is 9.97 Å². The van der Waals surface area contributed by atoms with E-state index in [-0.39, 0.29) is 6.42 Å². The summed E-state index contributed by atoms with van der Waals surface area (Å²) in [6.07, 6.45) is 1.33. The molecule has 0 unspecified atom stereocenters. The van der Waals surface area contributed by atoms with Gasteiger partial charge in [-0.15, -0.1) is 0 Å². The largest absolute Gasteiger partial charge is 0.468 e. The summed E-state index contributed by atoms with van der Waals surface area (Å²) in [7, 11) is 1.31. The van der Waals surface area contributed by atoms with Gasteiger partial charge in [-0.3, -0.25) is 9.89 Å². The zero-order valence-electron chi connectivity index (χ0n) is 9.02. The summed E-state index contributed by atoms with van der Waals surface area (Å²) in [5.74, 6) is 5.30. The van der Waals surface area contributed by atoms with Gasteiger partial charge in [-0.05, 0) is 5.92 Å². The molecule has 0 aliphatic carbocycles. The van der Waals surface area contributed by atoms with Crippen molar-refractivity contribution in [3.8, 4) is 11.8 Å². The summed E-state index contributed by atoms with van der Waals surface area (Å²) in [6, 6.07) is 0. The van der Waals surface area contributed by atoms with Crippen LogP contribution >= 0.6 is 0 Å². The number of esters is 1. The fourth-order valence-electron chi connectivity index (χ4n) is 1.25. The summed E-state index contributed by atoms with van der Waals surface area (Å²) >= 11 is 0. The second kappa shape index (κ2) is 4.49. The number of nitrogens with two attached hydrogens (primary N) is 1. The fourth-order valence-corrected chi connectivity index (χ4v) is 1.25. The lowest BCUT2D eigenvalue weighted by Crippen LogP contribution is -1.97. The Labute approximate surface area is 96.4 Å². The first-order chi connectivity index (χ1) is 8.22. The standard InChI is InChI=1S/C10H9N5O2/c1-17-7(16)4-2-3-6-8-9(11)12-5-13-10(8)15-14-6/h5H,4H2,1H3,(H3,11,12,13,14,15). The van der Waals surface area contributed by atoms with E-state index in [0.29, 0.717) is 22.5 Å². The molecule has 0 saturated carbocycles. The van der Waals surface area contributed by atoms with Crippen molar-refractivity contribution < 1.29 is 9.53 Å². The van der Waals surface area contributed by atoms with Crippen molar-refractivity contribution in [1.29, 1.82) is 0 Å². The summed E-state index contributed by atoms with van der Waals surface area (Å²) in [4.78, 5) is 18.6. The van der Waals surface area contributed by atoms with Crippen LogP contribution in [-0.4, -0.2) is 33.2 Å². The average molecular weight is 231 g/mol. The molecule has 17 heavy (non-hydrogen) atoms. The number of nitrogens with one attached hydrogen (secondary N) is 1. The van der Waals surface area contributed by atoms with E-state index in [1.54, 1.807) is 0 Å². The Morgan fingerprint density at radius 1 is 1.59 bits per heavy atom. The number of rotatable bonds is 1. The molecule has 2 heterocycles. The van der Waals surface area contributed by atoms with Crippen LogP contribution in [0.4, 0.5) is 5.82 Å². The van der Waals surface area contributed by atoms with Crippen LogP contribution in [0.15, 0.2) is 6.33 Å². The fraction of sp³-hybridized carbons (Fsp3) is 0.200. The maximum Gasteiger partial charge on any atom is 0.317 e. The average Bonchev–Trinajstić information content (AvgIpc) is 2.74. The Morgan fingerprint density at radius 2 is 2.41 bits per heavy atom. The number of ether oxygens (including phenoxy) is 1. The summed E-state index contributed by atoms with van der Waals surface area (Å²) in [5.41, 5.74) is 6.62. The van der Waals surface area contributed by atoms with Crippen LogP contribution in [0.25, 0.3) is 11.0 Å². The highest BCUT2D eigenvalue weighted by Crippen LogP contribution is 2.17. The third-order valence-electron chi connectivity index (χ3n) is 2.05. The van der Waals surface area contributed by atoms with Gasteiger partial charge in [0, 0.05) is 0 Å². The van der Waals surface area contributed by atoms with E-state index < -0.39 is 5.97 Å². The summed E-state index contributed by atoms with van der Waals surface area (Å²) < 4.78 is 4.46. The lowest BCUT2D eigenvalue weighted by Gasteiger charge is -1.92. The molecule has 0 saturated heterocycles. The third-order valence-corrected chi connectivity index (χ3v) is 2.05. The van der Waals surface area contributed by atoms with Crippen molar-refractivity contribution >= 4 is 22.8 Å². The SMILES string of the molecule is COC(=O)CC#Cc1[nH]nc2ncnc(N)c12. The Morgan fingerprint density at radius 3 is 3.18 bits per heavy atom. The number of anilines is 1. The molecule has 0 radical (unpaired) electrons. The predicted molar refractivity (Wildman–Crippen MR) is 59.6 cm³/mol. The second-order valence-electron chi connectivity index (χ2n) is 3.11. The van der Waals surface area contributed by atoms with E-state index in [4.69, 9.17) is 5.73 Å². The number of fused-ring (bicyclic) bond motifs is 1. The molecule has 0 amide bonds. The van der Waals surface area contributed by atoms with Gasteiger partial charge in [0.1, 0.15) is 24.3 Å². The maximum atomic E-state index is 10.9. The lowest BCUT2D eigenvalue weighted by molar-refractivity contribution is -0.139. The molecule has 0 atom stereocenters. The molecule has 86 valence electrons. The van der Waals surface area contributed by atoms with E-state index in [2.05, 4.69) is 36.7 Å². The molecule has 0 bridgehead atoms. The van der Waals surface area contributed by atoms with Crippen molar-refractivity contribution in [2.45, 2.75) is 6.42 Å². The minimum Gasteiger partial charge on any atom is -0.468 e. The van der Waals surface area contributed by atoms with Gasteiger partial charge in [0.25, 0.3) is 0 Å². The molecule has 2 rings (SSSR count). The molecule has 7 heteroatoms. The van der Waals surface area contributed by atoms with Crippen LogP contribution in [0, 0.1) is 11.8 Å². The second-order valence-corrected chi connectivity index (χ2v) is 3.11. The zero-order valence-corrected chi connectivity index (χ0v) is 9.02. The molecule has 2 aromatic rings. The van der Waals surface area contributed by atoms with Gasteiger partial charge < -0.3 is 10.5 Å². The Balaban J connectivity index is 2.33. The first-order valence-electron chi connectivity index (χ1n) is 4.72. The third kappa shape index (κ3) is 2.15. The monoisotopic (exact) mass is 231 g/mol. The van der Waals surface area contributed by atoms with E-state index in [1.807, 2.05) is 0 Å². The Bertz CT molecular complexity index is 622. The highest BCUT2D eigenvalue weighted by atomic mass is 16.5. The van der Waals surface area contributed by atoms with E-state index in [1.165, 1.54) is 13.4 Å². The van der Waals surface area contributed by atoms with Crippen molar-refractivity contribution in [1.82, 2.24) is 20.2 Å². The number of nitrogens with zero attached hydrogens (tertiary/aromatic N) is 3. The van der Waals surface area contributed by atoms with Crippen LogP contribution in [0.2, 0.25) is 0 Å². The van der Waals surface area contributed by atoms with Crippen LogP contribution in [0.3, 0.4) is 0 Å². The number of carbonyl (C=O) groups is 1. The quantitative estimate of drug-likeness (QED) is 0.522.